The molecule has 0 radical (unpaired) electrons. The van der Waals surface area contributed by atoms with Crippen LogP contribution in [0.1, 0.15) is 25.1 Å². The Morgan fingerprint density at radius 3 is 3.00 bits per heavy atom. The van der Waals surface area contributed by atoms with Gasteiger partial charge in [0.1, 0.15) is 5.82 Å². The molecule has 2 N–H and O–H groups in total. The number of piperidine rings is 1. The summed E-state index contributed by atoms with van der Waals surface area (Å²) in [7, 11) is 2.06. The van der Waals surface area contributed by atoms with E-state index in [9.17, 15) is 0 Å². The smallest absolute Gasteiger partial charge is 0.122 e. The quantitative estimate of drug-likeness (QED) is 0.888. The van der Waals surface area contributed by atoms with Crippen molar-refractivity contribution in [2.24, 2.45) is 18.7 Å². The Hall–Kier alpha value is -0.580. The average Bonchev–Trinajstić information content (AvgIpc) is 2.66. The van der Waals surface area contributed by atoms with Crippen LogP contribution in [0.2, 0.25) is 0 Å². The molecule has 0 bridgehead atoms. The van der Waals surface area contributed by atoms with Crippen LogP contribution in [0.3, 0.4) is 0 Å². The van der Waals surface area contributed by atoms with E-state index in [0.717, 1.165) is 31.3 Å². The fraction of sp³-hybridized carbons (Fsp3) is 0.750. The SMILES string of the molecule is Cl.Cn1ccnc1CN1CCCC(CCN)C1. The molecule has 0 amide bonds. The summed E-state index contributed by atoms with van der Waals surface area (Å²) in [5, 5.41) is 0. The van der Waals surface area contributed by atoms with Crippen LogP contribution in [0.25, 0.3) is 0 Å². The van der Waals surface area contributed by atoms with E-state index in [1.54, 1.807) is 0 Å². The first-order valence-corrected chi connectivity index (χ1v) is 6.18. The van der Waals surface area contributed by atoms with Crippen LogP contribution >= 0.6 is 12.4 Å². The standard InChI is InChI=1S/C12H22N4.ClH/c1-15-8-6-14-12(15)10-16-7-2-3-11(9-16)4-5-13;/h6,8,11H,2-5,7,9-10,13H2,1H3;1H. The maximum atomic E-state index is 5.63. The zero-order valence-corrected chi connectivity index (χ0v) is 11.3. The predicted octanol–water partition coefficient (Wildman–Crippen LogP) is 1.40. The van der Waals surface area contributed by atoms with E-state index < -0.39 is 0 Å². The van der Waals surface area contributed by atoms with Gasteiger partial charge in [0.25, 0.3) is 0 Å². The third-order valence-corrected chi connectivity index (χ3v) is 3.46. The molecule has 0 aromatic carbocycles. The minimum atomic E-state index is 0. The number of hydrogen-bond acceptors (Lipinski definition) is 3. The molecule has 17 heavy (non-hydrogen) atoms. The third-order valence-electron chi connectivity index (χ3n) is 3.46. The van der Waals surface area contributed by atoms with Gasteiger partial charge in [0.05, 0.1) is 6.54 Å². The molecular weight excluding hydrogens is 236 g/mol. The molecule has 5 heteroatoms. The minimum Gasteiger partial charge on any atom is -0.337 e. The van der Waals surface area contributed by atoms with E-state index in [0.29, 0.717) is 0 Å². The van der Waals surface area contributed by atoms with Gasteiger partial charge in [-0.15, -0.1) is 12.4 Å². The molecule has 1 aromatic rings. The number of likely N-dealkylation sites (tertiary alicyclic amines) is 1. The Morgan fingerprint density at radius 1 is 1.53 bits per heavy atom. The van der Waals surface area contributed by atoms with E-state index in [-0.39, 0.29) is 12.4 Å². The lowest BCUT2D eigenvalue weighted by atomic mass is 9.95. The summed E-state index contributed by atoms with van der Waals surface area (Å²) in [5.41, 5.74) is 5.63. The second-order valence-corrected chi connectivity index (χ2v) is 4.78. The van der Waals surface area contributed by atoms with E-state index in [2.05, 4.69) is 21.5 Å². The van der Waals surface area contributed by atoms with Crippen molar-refractivity contribution in [2.75, 3.05) is 19.6 Å². The van der Waals surface area contributed by atoms with Gasteiger partial charge in [-0.3, -0.25) is 4.90 Å². The molecular formula is C12H23ClN4. The first-order valence-electron chi connectivity index (χ1n) is 6.18. The summed E-state index contributed by atoms with van der Waals surface area (Å²) in [5.74, 6) is 1.95. The lowest BCUT2D eigenvalue weighted by molar-refractivity contribution is 0.158. The summed E-state index contributed by atoms with van der Waals surface area (Å²) < 4.78 is 2.10. The second kappa shape index (κ2) is 6.99. The van der Waals surface area contributed by atoms with Gasteiger partial charge < -0.3 is 10.3 Å². The Balaban J connectivity index is 0.00000144. The largest absolute Gasteiger partial charge is 0.337 e. The minimum absolute atomic E-state index is 0. The molecule has 1 unspecified atom stereocenters. The molecule has 1 aromatic heterocycles. The van der Waals surface area contributed by atoms with Crippen LogP contribution in [0.15, 0.2) is 12.4 Å². The number of aryl methyl sites for hydroxylation is 1. The molecule has 1 saturated heterocycles. The van der Waals surface area contributed by atoms with Crippen LogP contribution in [-0.4, -0.2) is 34.1 Å². The lowest BCUT2D eigenvalue weighted by Gasteiger charge is -2.32. The molecule has 1 aliphatic heterocycles. The highest BCUT2D eigenvalue weighted by molar-refractivity contribution is 5.85. The van der Waals surface area contributed by atoms with Crippen LogP contribution in [0.5, 0.6) is 0 Å². The number of halogens is 1. The predicted molar refractivity (Wildman–Crippen MR) is 72.1 cm³/mol. The number of imidazole rings is 1. The number of rotatable bonds is 4. The number of aromatic nitrogens is 2. The van der Waals surface area contributed by atoms with E-state index in [1.807, 2.05) is 12.4 Å². The van der Waals surface area contributed by atoms with Crippen LogP contribution in [0, 0.1) is 5.92 Å². The molecule has 2 rings (SSSR count). The molecule has 1 fully saturated rings. The van der Waals surface area contributed by atoms with E-state index >= 15 is 0 Å². The van der Waals surface area contributed by atoms with Crippen LogP contribution < -0.4 is 5.73 Å². The Kier molecular flexibility index (Phi) is 5.95. The summed E-state index contributed by atoms with van der Waals surface area (Å²) >= 11 is 0. The highest BCUT2D eigenvalue weighted by Crippen LogP contribution is 2.20. The molecule has 98 valence electrons. The van der Waals surface area contributed by atoms with Crippen molar-refractivity contribution in [3.8, 4) is 0 Å². The second-order valence-electron chi connectivity index (χ2n) is 4.78. The molecule has 2 heterocycles. The number of hydrogen-bond donors (Lipinski definition) is 1. The third kappa shape index (κ3) is 3.98. The number of nitrogens with two attached hydrogens (primary N) is 1. The van der Waals surface area contributed by atoms with Crippen LogP contribution in [-0.2, 0) is 13.6 Å². The highest BCUT2D eigenvalue weighted by atomic mass is 35.5. The van der Waals surface area contributed by atoms with Crippen molar-refractivity contribution in [1.82, 2.24) is 14.5 Å². The molecule has 1 aliphatic rings. The first kappa shape index (κ1) is 14.5. The van der Waals surface area contributed by atoms with Gasteiger partial charge in [0.2, 0.25) is 0 Å². The Labute approximate surface area is 110 Å². The maximum Gasteiger partial charge on any atom is 0.122 e. The first-order chi connectivity index (χ1) is 7.79. The van der Waals surface area contributed by atoms with Gasteiger partial charge in [-0.25, -0.2) is 4.98 Å². The van der Waals surface area contributed by atoms with Gasteiger partial charge in [-0.05, 0) is 38.3 Å². The van der Waals surface area contributed by atoms with Crippen molar-refractivity contribution in [3.05, 3.63) is 18.2 Å². The molecule has 1 atom stereocenters. The topological polar surface area (TPSA) is 47.1 Å². The normalized spacial score (nSPS) is 21.2. The lowest BCUT2D eigenvalue weighted by Crippen LogP contribution is -2.36. The monoisotopic (exact) mass is 258 g/mol. The average molecular weight is 259 g/mol. The van der Waals surface area contributed by atoms with Crippen molar-refractivity contribution in [2.45, 2.75) is 25.8 Å². The zero-order chi connectivity index (χ0) is 11.4. The van der Waals surface area contributed by atoms with E-state index in [1.165, 1.54) is 25.9 Å². The zero-order valence-electron chi connectivity index (χ0n) is 10.5. The molecule has 0 aliphatic carbocycles. The van der Waals surface area contributed by atoms with Crippen molar-refractivity contribution in [3.63, 3.8) is 0 Å². The fourth-order valence-corrected chi connectivity index (χ4v) is 2.52. The highest BCUT2D eigenvalue weighted by Gasteiger charge is 2.20. The summed E-state index contributed by atoms with van der Waals surface area (Å²) in [4.78, 5) is 6.88. The van der Waals surface area contributed by atoms with E-state index in [4.69, 9.17) is 5.73 Å². The van der Waals surface area contributed by atoms with Crippen molar-refractivity contribution < 1.29 is 0 Å². The summed E-state index contributed by atoms with van der Waals surface area (Å²) in [6.45, 7) is 4.18. The van der Waals surface area contributed by atoms with Gasteiger partial charge in [-0.1, -0.05) is 0 Å². The van der Waals surface area contributed by atoms with Gasteiger partial charge in [-0.2, -0.15) is 0 Å². The summed E-state index contributed by atoms with van der Waals surface area (Å²) in [6.07, 6.45) is 7.69. The summed E-state index contributed by atoms with van der Waals surface area (Å²) in [6, 6.07) is 0. The van der Waals surface area contributed by atoms with Gasteiger partial charge >= 0.3 is 0 Å². The van der Waals surface area contributed by atoms with Crippen LogP contribution in [0.4, 0.5) is 0 Å². The molecule has 0 saturated carbocycles. The Morgan fingerprint density at radius 2 is 2.35 bits per heavy atom. The van der Waals surface area contributed by atoms with Crippen molar-refractivity contribution >= 4 is 12.4 Å². The van der Waals surface area contributed by atoms with Gasteiger partial charge in [0.15, 0.2) is 0 Å². The Bertz CT molecular complexity index is 324. The van der Waals surface area contributed by atoms with Gasteiger partial charge in [0, 0.05) is 26.0 Å². The molecule has 4 nitrogen and oxygen atoms in total. The maximum absolute atomic E-state index is 5.63. The number of nitrogens with zero attached hydrogens (tertiary/aromatic N) is 3. The molecule has 0 spiro atoms. The van der Waals surface area contributed by atoms with Crippen molar-refractivity contribution in [1.29, 1.82) is 0 Å². The fourth-order valence-electron chi connectivity index (χ4n) is 2.52.